The lowest BCUT2D eigenvalue weighted by molar-refractivity contribution is -0.101. The summed E-state index contributed by atoms with van der Waals surface area (Å²) in [4.78, 5) is 0. The zero-order valence-electron chi connectivity index (χ0n) is 4.92. The zero-order valence-corrected chi connectivity index (χ0v) is 4.92. The van der Waals surface area contributed by atoms with Gasteiger partial charge in [0.1, 0.15) is 0 Å². The van der Waals surface area contributed by atoms with Gasteiger partial charge in [0.2, 0.25) is 0 Å². The van der Waals surface area contributed by atoms with Crippen molar-refractivity contribution in [3.8, 4) is 12.2 Å². The topological polar surface area (TPSA) is 0 Å². The van der Waals surface area contributed by atoms with E-state index in [9.17, 15) is 26.3 Å². The van der Waals surface area contributed by atoms with Crippen molar-refractivity contribution >= 4 is 6.71 Å². The Kier molecular flexibility index (Phi) is 2.49. The molecular weight excluding hydrogens is 173 g/mol. The predicted molar refractivity (Wildman–Crippen MR) is 26.7 cm³/mol. The van der Waals surface area contributed by atoms with E-state index in [4.69, 9.17) is 0 Å². The molecule has 0 radical (unpaired) electrons. The van der Waals surface area contributed by atoms with Gasteiger partial charge < -0.3 is 0 Å². The SMILES string of the molecule is C#CB(C(F)(F)F)C(F)(F)F. The Balaban J connectivity index is 4.60. The van der Waals surface area contributed by atoms with Gasteiger partial charge in [-0.05, 0) is 0 Å². The maximum Gasteiger partial charge on any atom is 0.480 e. The van der Waals surface area contributed by atoms with Crippen LogP contribution in [-0.2, 0) is 0 Å². The van der Waals surface area contributed by atoms with Crippen LogP contribution in [0.1, 0.15) is 0 Å². The minimum absolute atomic E-state index is 0.632. The maximum atomic E-state index is 11.4. The third-order valence-corrected chi connectivity index (χ3v) is 0.821. The standard InChI is InChI=1S/C4HBF6/c1-2-5(3(6,7)8)4(9,10)11/h1H. The molecule has 0 fully saturated rings. The predicted octanol–water partition coefficient (Wildman–Crippen LogP) is 1.86. The highest BCUT2D eigenvalue weighted by molar-refractivity contribution is 6.71. The average molecular weight is 174 g/mol. The maximum absolute atomic E-state index is 11.4. The molecule has 0 atom stereocenters. The van der Waals surface area contributed by atoms with Gasteiger partial charge in [-0.1, -0.05) is 0 Å². The molecule has 0 bridgehead atoms. The van der Waals surface area contributed by atoms with Crippen molar-refractivity contribution in [3.05, 3.63) is 0 Å². The van der Waals surface area contributed by atoms with E-state index in [0.29, 0.717) is 5.82 Å². The normalized spacial score (nSPS) is 12.5. The van der Waals surface area contributed by atoms with Gasteiger partial charge in [0.15, 0.2) is 0 Å². The summed E-state index contributed by atoms with van der Waals surface area (Å²) in [6.07, 6.45) is -6.76. The van der Waals surface area contributed by atoms with Crippen LogP contribution in [0.2, 0.25) is 0 Å². The van der Waals surface area contributed by atoms with Crippen molar-refractivity contribution in [1.29, 1.82) is 0 Å². The van der Waals surface area contributed by atoms with Gasteiger partial charge in [0.25, 0.3) is 0 Å². The van der Waals surface area contributed by atoms with E-state index in [1.807, 2.05) is 0 Å². The van der Waals surface area contributed by atoms with E-state index in [1.54, 1.807) is 0 Å². The Morgan fingerprint density at radius 3 is 1.18 bits per heavy atom. The molecule has 0 aromatic carbocycles. The highest BCUT2D eigenvalue weighted by atomic mass is 19.4. The Morgan fingerprint density at radius 2 is 1.18 bits per heavy atom. The molecular formula is C4HBF6. The minimum atomic E-state index is -5.41. The number of hydrogen-bond donors (Lipinski definition) is 0. The fourth-order valence-corrected chi connectivity index (χ4v) is 0.375. The van der Waals surface area contributed by atoms with Crippen LogP contribution < -0.4 is 0 Å². The van der Waals surface area contributed by atoms with E-state index in [0.717, 1.165) is 0 Å². The molecule has 0 N–H and O–H groups in total. The molecule has 0 heterocycles. The molecule has 0 amide bonds. The smallest absolute Gasteiger partial charge is 0.180 e. The second kappa shape index (κ2) is 2.68. The van der Waals surface area contributed by atoms with Gasteiger partial charge in [-0.3, -0.25) is 0 Å². The first-order valence-electron chi connectivity index (χ1n) is 2.29. The van der Waals surface area contributed by atoms with Gasteiger partial charge in [-0.15, -0.1) is 12.2 Å². The summed E-state index contributed by atoms with van der Waals surface area (Å²) < 4.78 is 68.1. The van der Waals surface area contributed by atoms with Gasteiger partial charge >= 0.3 is 18.9 Å². The molecule has 62 valence electrons. The molecule has 0 unspecified atom stereocenters. The van der Waals surface area contributed by atoms with Crippen LogP contribution in [0.4, 0.5) is 26.3 Å². The molecule has 0 aromatic rings. The van der Waals surface area contributed by atoms with Crippen molar-refractivity contribution in [1.82, 2.24) is 0 Å². The molecule has 0 nitrogen and oxygen atoms in total. The monoisotopic (exact) mass is 174 g/mol. The third-order valence-electron chi connectivity index (χ3n) is 0.821. The first-order chi connectivity index (χ1) is 4.69. The number of terminal acetylenes is 1. The third kappa shape index (κ3) is 2.74. The van der Waals surface area contributed by atoms with Crippen LogP contribution in [0.3, 0.4) is 0 Å². The highest BCUT2D eigenvalue weighted by Gasteiger charge is 2.61. The molecule has 0 aliphatic rings. The molecule has 0 rings (SSSR count). The summed E-state index contributed by atoms with van der Waals surface area (Å²) in [5.41, 5.74) is 0. The Morgan fingerprint density at radius 1 is 0.909 bits per heavy atom. The van der Waals surface area contributed by atoms with Gasteiger partial charge in [0, 0.05) is 0 Å². The second-order valence-corrected chi connectivity index (χ2v) is 1.68. The number of halogens is 6. The van der Waals surface area contributed by atoms with Gasteiger partial charge in [-0.25, -0.2) is 0 Å². The number of alkyl halides is 6. The lowest BCUT2D eigenvalue weighted by Crippen LogP contribution is -2.46. The quantitative estimate of drug-likeness (QED) is 0.298. The van der Waals surface area contributed by atoms with Crippen molar-refractivity contribution in [2.45, 2.75) is 12.2 Å². The van der Waals surface area contributed by atoms with Crippen molar-refractivity contribution < 1.29 is 26.3 Å². The molecule has 0 aromatic heterocycles. The minimum Gasteiger partial charge on any atom is -0.180 e. The summed E-state index contributed by atoms with van der Waals surface area (Å²) in [5, 5.41) is 0. The second-order valence-electron chi connectivity index (χ2n) is 1.68. The van der Waals surface area contributed by atoms with Crippen LogP contribution in [0.15, 0.2) is 0 Å². The van der Waals surface area contributed by atoms with Gasteiger partial charge in [-0.2, -0.15) is 26.3 Å². The summed E-state index contributed by atoms with van der Waals surface area (Å²) in [7, 11) is 0. The first kappa shape index (κ1) is 10.2. The van der Waals surface area contributed by atoms with Crippen LogP contribution in [0.25, 0.3) is 0 Å². The average Bonchev–Trinajstić information content (AvgIpc) is 1.56. The number of hydrogen-bond acceptors (Lipinski definition) is 0. The van der Waals surface area contributed by atoms with E-state index in [-0.39, 0.29) is 0 Å². The summed E-state index contributed by atoms with van der Waals surface area (Å²) in [6.45, 7) is -3.66. The van der Waals surface area contributed by atoms with Crippen LogP contribution in [0.5, 0.6) is 0 Å². The van der Waals surface area contributed by atoms with E-state index >= 15 is 0 Å². The highest BCUT2D eigenvalue weighted by Crippen LogP contribution is 2.30. The molecule has 0 saturated carbocycles. The lowest BCUT2D eigenvalue weighted by atomic mass is 9.49. The fourth-order valence-electron chi connectivity index (χ4n) is 0.375. The fraction of sp³-hybridized carbons (Fsp3) is 0.500. The Bertz CT molecular complexity index is 156. The van der Waals surface area contributed by atoms with Gasteiger partial charge in [0.05, 0.1) is 0 Å². The summed E-state index contributed by atoms with van der Waals surface area (Å²) in [5.74, 6) is 0.632. The zero-order chi connectivity index (χ0) is 9.28. The van der Waals surface area contributed by atoms with Crippen molar-refractivity contribution in [2.24, 2.45) is 0 Å². The summed E-state index contributed by atoms with van der Waals surface area (Å²) in [6, 6.07) is 0. The molecule has 0 aliphatic carbocycles. The first-order valence-corrected chi connectivity index (χ1v) is 2.29. The molecule has 0 aliphatic heterocycles. The Labute approximate surface area is 58.6 Å². The lowest BCUT2D eigenvalue weighted by Gasteiger charge is -2.13. The number of rotatable bonds is 0. The molecule has 0 spiro atoms. The largest absolute Gasteiger partial charge is 0.480 e. The van der Waals surface area contributed by atoms with E-state index in [2.05, 4.69) is 6.42 Å². The van der Waals surface area contributed by atoms with Crippen molar-refractivity contribution in [3.63, 3.8) is 0 Å². The van der Waals surface area contributed by atoms with E-state index in [1.165, 1.54) is 0 Å². The van der Waals surface area contributed by atoms with Crippen LogP contribution >= 0.6 is 0 Å². The molecule has 11 heavy (non-hydrogen) atoms. The Hall–Kier alpha value is -0.795. The van der Waals surface area contributed by atoms with E-state index < -0.39 is 18.9 Å². The van der Waals surface area contributed by atoms with Crippen LogP contribution in [0, 0.1) is 12.2 Å². The molecule has 7 heteroatoms. The van der Waals surface area contributed by atoms with Crippen molar-refractivity contribution in [2.75, 3.05) is 0 Å². The van der Waals surface area contributed by atoms with Crippen LogP contribution in [-0.4, -0.2) is 18.9 Å². The summed E-state index contributed by atoms with van der Waals surface area (Å²) >= 11 is 0. The molecule has 0 saturated heterocycles.